The van der Waals surface area contributed by atoms with Crippen LogP contribution in [0.3, 0.4) is 0 Å². The molecule has 0 saturated carbocycles. The Morgan fingerprint density at radius 2 is 1.75 bits per heavy atom. The zero-order chi connectivity index (χ0) is 28.7. The van der Waals surface area contributed by atoms with Crippen LogP contribution in [0.15, 0.2) is 83.3 Å². The molecule has 40 heavy (non-hydrogen) atoms. The highest BCUT2D eigenvalue weighted by Crippen LogP contribution is 2.41. The van der Waals surface area contributed by atoms with Crippen molar-refractivity contribution in [2.75, 3.05) is 6.54 Å². The lowest BCUT2D eigenvalue weighted by Crippen LogP contribution is -2.55. The number of hydrogen-bond donors (Lipinski definition) is 1. The molecule has 1 saturated heterocycles. The number of fused-ring (bicyclic) bond motifs is 1. The second kappa shape index (κ2) is 10.9. The second-order valence-electron chi connectivity index (χ2n) is 11.9. The first-order valence-electron chi connectivity index (χ1n) is 14.1. The molecule has 0 aliphatic carbocycles. The van der Waals surface area contributed by atoms with E-state index < -0.39 is 11.7 Å². The number of aliphatic imine (C=N–C) groups is 1. The van der Waals surface area contributed by atoms with Crippen LogP contribution in [0.2, 0.25) is 0 Å². The van der Waals surface area contributed by atoms with Crippen LogP contribution in [0.1, 0.15) is 64.1 Å². The van der Waals surface area contributed by atoms with Crippen molar-refractivity contribution in [1.29, 1.82) is 0 Å². The molecule has 2 aliphatic rings. The van der Waals surface area contributed by atoms with Gasteiger partial charge in [-0.25, -0.2) is 4.99 Å². The highest BCUT2D eigenvalue weighted by Gasteiger charge is 2.39. The molecule has 0 spiro atoms. The number of benzene rings is 2. The van der Waals surface area contributed by atoms with Gasteiger partial charge in [0.15, 0.2) is 0 Å². The van der Waals surface area contributed by atoms with Crippen LogP contribution in [0.5, 0.6) is 0 Å². The molecule has 3 aromatic rings. The smallest absolute Gasteiger partial charge is 0.366 e. The molecular formula is C33H39F3N4. The van der Waals surface area contributed by atoms with E-state index in [0.717, 1.165) is 36.5 Å². The van der Waals surface area contributed by atoms with Gasteiger partial charge >= 0.3 is 6.18 Å². The van der Waals surface area contributed by atoms with Crippen LogP contribution in [-0.4, -0.2) is 40.0 Å². The maximum Gasteiger partial charge on any atom is 0.418 e. The first kappa shape index (κ1) is 28.2. The van der Waals surface area contributed by atoms with E-state index in [9.17, 15) is 13.2 Å². The van der Waals surface area contributed by atoms with Crippen molar-refractivity contribution in [2.24, 2.45) is 18.0 Å². The van der Waals surface area contributed by atoms with Gasteiger partial charge in [0.05, 0.1) is 5.57 Å². The highest BCUT2D eigenvalue weighted by molar-refractivity contribution is 6.01. The van der Waals surface area contributed by atoms with Crippen molar-refractivity contribution in [3.63, 3.8) is 0 Å². The molecule has 3 heterocycles. The molecule has 0 radical (unpaired) electrons. The lowest BCUT2D eigenvalue weighted by atomic mass is 9.85. The largest absolute Gasteiger partial charge is 0.418 e. The van der Waals surface area contributed by atoms with Crippen molar-refractivity contribution in [3.05, 3.63) is 89.4 Å². The zero-order valence-corrected chi connectivity index (χ0v) is 24.0. The van der Waals surface area contributed by atoms with E-state index in [2.05, 4.69) is 60.2 Å². The molecule has 3 atom stereocenters. The number of likely N-dealkylation sites (tertiary alicyclic amines) is 1. The molecule has 0 bridgehead atoms. The fourth-order valence-electron chi connectivity index (χ4n) is 6.38. The average Bonchev–Trinajstić information content (AvgIpc) is 3.24. The number of alkyl halides is 3. The van der Waals surface area contributed by atoms with Crippen LogP contribution < -0.4 is 5.32 Å². The molecule has 2 aromatic carbocycles. The van der Waals surface area contributed by atoms with Gasteiger partial charge in [-0.1, -0.05) is 55.5 Å². The van der Waals surface area contributed by atoms with E-state index in [4.69, 9.17) is 0 Å². The van der Waals surface area contributed by atoms with Gasteiger partial charge in [-0.05, 0) is 69.2 Å². The molecule has 4 nitrogen and oxygen atoms in total. The summed E-state index contributed by atoms with van der Waals surface area (Å²) in [6, 6.07) is 18.4. The minimum absolute atomic E-state index is 0.0140. The van der Waals surface area contributed by atoms with Gasteiger partial charge in [-0.15, -0.1) is 0 Å². The number of rotatable bonds is 5. The summed E-state index contributed by atoms with van der Waals surface area (Å²) in [5.41, 5.74) is 2.42. The molecule has 212 valence electrons. The first-order valence-corrected chi connectivity index (χ1v) is 14.1. The molecule has 1 aromatic heterocycles. The van der Waals surface area contributed by atoms with E-state index >= 15 is 0 Å². The maximum absolute atomic E-state index is 14.5. The molecule has 0 amide bonds. The Hall–Kier alpha value is -3.32. The normalized spacial score (nSPS) is 23.1. The van der Waals surface area contributed by atoms with Gasteiger partial charge in [0, 0.05) is 60.1 Å². The Balaban J connectivity index is 1.43. The zero-order valence-electron chi connectivity index (χ0n) is 24.0. The third-order valence-electron chi connectivity index (χ3n) is 8.67. The minimum atomic E-state index is -4.52. The first-order chi connectivity index (χ1) is 19.0. The number of nitrogens with zero attached hydrogens (tertiary/aromatic N) is 3. The van der Waals surface area contributed by atoms with Crippen molar-refractivity contribution >= 4 is 22.7 Å². The van der Waals surface area contributed by atoms with Gasteiger partial charge in [0.2, 0.25) is 0 Å². The van der Waals surface area contributed by atoms with Crippen LogP contribution in [-0.2, 0) is 7.05 Å². The van der Waals surface area contributed by atoms with E-state index in [1.807, 2.05) is 61.1 Å². The number of allylic oxidation sites excluding steroid dienone is 3. The Morgan fingerprint density at radius 3 is 2.48 bits per heavy atom. The number of aryl methyl sites for hydroxylation is 1. The summed E-state index contributed by atoms with van der Waals surface area (Å²) in [7, 11) is 1.87. The van der Waals surface area contributed by atoms with Gasteiger partial charge in [0.25, 0.3) is 0 Å². The number of para-hydroxylation sites is 1. The number of piperidine rings is 1. The molecule has 5 rings (SSSR count). The average molecular weight is 549 g/mol. The quantitative estimate of drug-likeness (QED) is 0.350. The lowest BCUT2D eigenvalue weighted by molar-refractivity contribution is -0.0853. The van der Waals surface area contributed by atoms with Gasteiger partial charge in [-0.3, -0.25) is 4.90 Å². The van der Waals surface area contributed by atoms with Crippen molar-refractivity contribution in [3.8, 4) is 0 Å². The summed E-state index contributed by atoms with van der Waals surface area (Å²) in [6.45, 7) is 9.43. The van der Waals surface area contributed by atoms with E-state index in [1.165, 1.54) is 5.56 Å². The molecule has 1 fully saturated rings. The van der Waals surface area contributed by atoms with E-state index in [0.29, 0.717) is 23.4 Å². The SMILES string of the molecule is CC1CC=C(N[C@H]2CCC(C)(C)N([C@@H](C)c3ccccc3)C2)N=CC(C(F)(F)F)=C1c1cn(C)c2ccccc12. The number of halogens is 3. The Bertz CT molecular complexity index is 1450. The van der Waals surface area contributed by atoms with Crippen LogP contribution >= 0.6 is 0 Å². The van der Waals surface area contributed by atoms with Gasteiger partial charge < -0.3 is 9.88 Å². The predicted octanol–water partition coefficient (Wildman–Crippen LogP) is 8.04. The molecule has 1 N–H and O–H groups in total. The van der Waals surface area contributed by atoms with Crippen LogP contribution in [0.4, 0.5) is 13.2 Å². The second-order valence-corrected chi connectivity index (χ2v) is 11.9. The fourth-order valence-corrected chi connectivity index (χ4v) is 6.38. The summed E-state index contributed by atoms with van der Waals surface area (Å²) in [4.78, 5) is 6.91. The van der Waals surface area contributed by atoms with Gasteiger partial charge in [0.1, 0.15) is 5.82 Å². The molecule has 1 unspecified atom stereocenters. The monoisotopic (exact) mass is 548 g/mol. The standard InChI is InChI=1S/C33H39F3N4/c1-22-15-16-30(38-25-17-18-32(3,4)40(20-25)23(2)24-11-7-6-8-12-24)37-19-28(33(34,35)36)31(22)27-21-39(5)29-14-10-9-13-26(27)29/h6-14,16,19,21-23,25,38H,15,17-18,20H2,1-5H3/t22?,23-,25-/m0/s1. The third-order valence-corrected chi connectivity index (χ3v) is 8.67. The minimum Gasteiger partial charge on any atom is -0.366 e. The van der Waals surface area contributed by atoms with Crippen molar-refractivity contribution in [2.45, 2.75) is 70.8 Å². The Morgan fingerprint density at radius 1 is 1.05 bits per heavy atom. The molecule has 7 heteroatoms. The molecule has 2 aliphatic heterocycles. The summed E-state index contributed by atoms with van der Waals surface area (Å²) < 4.78 is 45.5. The summed E-state index contributed by atoms with van der Waals surface area (Å²) in [5, 5.41) is 4.33. The summed E-state index contributed by atoms with van der Waals surface area (Å²) in [6.07, 6.45) is 2.65. The van der Waals surface area contributed by atoms with Crippen molar-refractivity contribution < 1.29 is 13.2 Å². The Labute approximate surface area is 235 Å². The number of hydrogen-bond acceptors (Lipinski definition) is 3. The van der Waals surface area contributed by atoms with Gasteiger partial charge in [-0.2, -0.15) is 13.2 Å². The van der Waals surface area contributed by atoms with Crippen molar-refractivity contribution in [1.82, 2.24) is 14.8 Å². The summed E-state index contributed by atoms with van der Waals surface area (Å²) >= 11 is 0. The van der Waals surface area contributed by atoms with E-state index in [1.54, 1.807) is 0 Å². The van der Waals surface area contributed by atoms with Crippen LogP contribution in [0.25, 0.3) is 16.5 Å². The summed E-state index contributed by atoms with van der Waals surface area (Å²) in [5.74, 6) is 0.175. The highest BCUT2D eigenvalue weighted by atomic mass is 19.4. The lowest BCUT2D eigenvalue weighted by Gasteiger charge is -2.49. The Kier molecular flexibility index (Phi) is 7.71. The van der Waals surface area contributed by atoms with Crippen LogP contribution in [0, 0.1) is 5.92 Å². The predicted molar refractivity (Wildman–Crippen MR) is 158 cm³/mol. The number of aromatic nitrogens is 1. The maximum atomic E-state index is 14.5. The number of nitrogens with one attached hydrogen (secondary N) is 1. The van der Waals surface area contributed by atoms with E-state index in [-0.39, 0.29) is 23.5 Å². The topological polar surface area (TPSA) is 32.6 Å². The molecular weight excluding hydrogens is 509 g/mol. The third kappa shape index (κ3) is 5.62. The fraction of sp³-hybridized carbons (Fsp3) is 0.424.